The smallest absolute Gasteiger partial charge is 0.328 e. The minimum atomic E-state index is 0.0331. The van der Waals surface area contributed by atoms with Crippen LogP contribution in [0.15, 0.2) is 21.4 Å². The van der Waals surface area contributed by atoms with Crippen molar-refractivity contribution in [3.63, 3.8) is 0 Å². The van der Waals surface area contributed by atoms with E-state index in [-0.39, 0.29) is 5.69 Å². The first-order valence-electron chi connectivity index (χ1n) is 9.96. The van der Waals surface area contributed by atoms with Gasteiger partial charge in [-0.2, -0.15) is 0 Å². The maximum absolute atomic E-state index is 12.9. The molecule has 2 aliphatic rings. The second kappa shape index (κ2) is 7.97. The Morgan fingerprint density at radius 3 is 2.52 bits per heavy atom. The van der Waals surface area contributed by atoms with Gasteiger partial charge in [0.05, 0.1) is 16.6 Å². The third kappa shape index (κ3) is 3.82. The van der Waals surface area contributed by atoms with Gasteiger partial charge in [-0.3, -0.25) is 14.0 Å². The summed E-state index contributed by atoms with van der Waals surface area (Å²) < 4.78 is 10.8. The SMILES string of the molecule is CN1CCN(CCn2c(=O)n(C)c3ccc(Br)c(OCC4CCC4)c32)CC1. The Kier molecular flexibility index (Phi) is 5.62. The molecule has 2 heterocycles. The van der Waals surface area contributed by atoms with E-state index in [2.05, 4.69) is 32.8 Å². The van der Waals surface area contributed by atoms with Crippen molar-refractivity contribution in [3.05, 3.63) is 27.1 Å². The molecule has 1 saturated carbocycles. The van der Waals surface area contributed by atoms with E-state index in [0.717, 1.165) is 60.6 Å². The Labute approximate surface area is 168 Å². The lowest BCUT2D eigenvalue weighted by atomic mass is 9.86. The molecule has 1 aromatic carbocycles. The van der Waals surface area contributed by atoms with E-state index in [0.29, 0.717) is 12.5 Å². The van der Waals surface area contributed by atoms with Crippen LogP contribution in [0.25, 0.3) is 11.0 Å². The lowest BCUT2D eigenvalue weighted by Gasteiger charge is -2.32. The summed E-state index contributed by atoms with van der Waals surface area (Å²) in [5.74, 6) is 1.47. The van der Waals surface area contributed by atoms with E-state index < -0.39 is 0 Å². The summed E-state index contributed by atoms with van der Waals surface area (Å²) in [5.41, 5.74) is 1.89. The summed E-state index contributed by atoms with van der Waals surface area (Å²) in [4.78, 5) is 17.7. The highest BCUT2D eigenvalue weighted by Gasteiger charge is 2.22. The number of ether oxygens (including phenoxy) is 1. The van der Waals surface area contributed by atoms with Crippen molar-refractivity contribution >= 4 is 27.0 Å². The minimum Gasteiger partial charge on any atom is -0.490 e. The second-order valence-electron chi connectivity index (χ2n) is 7.99. The summed E-state index contributed by atoms with van der Waals surface area (Å²) >= 11 is 3.64. The van der Waals surface area contributed by atoms with Gasteiger partial charge >= 0.3 is 5.69 Å². The minimum absolute atomic E-state index is 0.0331. The number of aryl methyl sites for hydroxylation is 1. The van der Waals surface area contributed by atoms with Crippen LogP contribution in [-0.4, -0.2) is 65.3 Å². The molecule has 1 aliphatic heterocycles. The number of hydrogen-bond acceptors (Lipinski definition) is 4. The molecule has 4 rings (SSSR count). The zero-order valence-corrected chi connectivity index (χ0v) is 17.9. The quantitative estimate of drug-likeness (QED) is 0.697. The van der Waals surface area contributed by atoms with Crippen molar-refractivity contribution in [2.75, 3.05) is 46.4 Å². The van der Waals surface area contributed by atoms with Crippen LogP contribution < -0.4 is 10.4 Å². The number of rotatable bonds is 6. The fourth-order valence-electron chi connectivity index (χ4n) is 3.97. The van der Waals surface area contributed by atoms with Crippen molar-refractivity contribution < 1.29 is 4.74 Å². The average molecular weight is 437 g/mol. The van der Waals surface area contributed by atoms with Crippen LogP contribution in [0.4, 0.5) is 0 Å². The molecule has 1 aromatic heterocycles. The molecule has 148 valence electrons. The first-order chi connectivity index (χ1) is 13.0. The van der Waals surface area contributed by atoms with Gasteiger partial charge in [0.2, 0.25) is 0 Å². The maximum Gasteiger partial charge on any atom is 0.328 e. The molecule has 0 amide bonds. The standard InChI is InChI=1S/C20H29BrN4O2/c1-22-8-10-24(11-9-22)12-13-25-18-17(23(2)20(25)26)7-6-16(21)19(18)27-14-15-4-3-5-15/h6-7,15H,3-5,8-14H2,1-2H3. The highest BCUT2D eigenvalue weighted by Crippen LogP contribution is 2.35. The number of halogens is 1. The first kappa shape index (κ1) is 19.0. The summed E-state index contributed by atoms with van der Waals surface area (Å²) in [6.45, 7) is 6.61. The van der Waals surface area contributed by atoms with E-state index >= 15 is 0 Å². The van der Waals surface area contributed by atoms with Crippen LogP contribution in [0, 0.1) is 5.92 Å². The van der Waals surface area contributed by atoms with Gasteiger partial charge in [-0.05, 0) is 53.9 Å². The molecule has 0 radical (unpaired) electrons. The Morgan fingerprint density at radius 2 is 1.85 bits per heavy atom. The first-order valence-corrected chi connectivity index (χ1v) is 10.8. The van der Waals surface area contributed by atoms with E-state index in [1.165, 1.54) is 19.3 Å². The number of likely N-dealkylation sites (N-methyl/N-ethyl adjacent to an activating group) is 1. The van der Waals surface area contributed by atoms with Gasteiger partial charge in [-0.15, -0.1) is 0 Å². The van der Waals surface area contributed by atoms with Gasteiger partial charge in [0.15, 0.2) is 5.75 Å². The van der Waals surface area contributed by atoms with E-state index in [1.54, 1.807) is 4.57 Å². The van der Waals surface area contributed by atoms with E-state index in [1.807, 2.05) is 23.7 Å². The molecular formula is C20H29BrN4O2. The van der Waals surface area contributed by atoms with Crippen LogP contribution in [0.2, 0.25) is 0 Å². The van der Waals surface area contributed by atoms with Crippen molar-refractivity contribution in [1.82, 2.24) is 18.9 Å². The highest BCUT2D eigenvalue weighted by atomic mass is 79.9. The van der Waals surface area contributed by atoms with Crippen LogP contribution in [0.1, 0.15) is 19.3 Å². The normalized spacial score (nSPS) is 19.5. The number of imidazole rings is 1. The molecule has 2 aromatic rings. The molecule has 1 saturated heterocycles. The monoisotopic (exact) mass is 436 g/mol. The Balaban J connectivity index is 1.61. The Hall–Kier alpha value is -1.31. The third-order valence-electron chi connectivity index (χ3n) is 6.14. The van der Waals surface area contributed by atoms with Crippen molar-refractivity contribution in [2.45, 2.75) is 25.8 Å². The van der Waals surface area contributed by atoms with Crippen LogP contribution in [0.5, 0.6) is 5.75 Å². The van der Waals surface area contributed by atoms with Gasteiger partial charge in [0.25, 0.3) is 0 Å². The van der Waals surface area contributed by atoms with Crippen molar-refractivity contribution in [1.29, 1.82) is 0 Å². The molecule has 0 N–H and O–H groups in total. The summed E-state index contributed by atoms with van der Waals surface area (Å²) in [6, 6.07) is 3.99. The number of aromatic nitrogens is 2. The van der Waals surface area contributed by atoms with Gasteiger partial charge in [0.1, 0.15) is 5.52 Å². The number of fused-ring (bicyclic) bond motifs is 1. The molecule has 1 aliphatic carbocycles. The fourth-order valence-corrected chi connectivity index (χ4v) is 4.40. The second-order valence-corrected chi connectivity index (χ2v) is 8.84. The summed E-state index contributed by atoms with van der Waals surface area (Å²) in [6.07, 6.45) is 3.80. The van der Waals surface area contributed by atoms with E-state index in [9.17, 15) is 4.79 Å². The topological polar surface area (TPSA) is 42.6 Å². The highest BCUT2D eigenvalue weighted by molar-refractivity contribution is 9.10. The molecule has 0 unspecified atom stereocenters. The average Bonchev–Trinajstić information content (AvgIpc) is 2.86. The molecule has 27 heavy (non-hydrogen) atoms. The van der Waals surface area contributed by atoms with Crippen LogP contribution >= 0.6 is 15.9 Å². The van der Waals surface area contributed by atoms with Gasteiger partial charge in [0, 0.05) is 46.3 Å². The molecule has 7 heteroatoms. The summed E-state index contributed by atoms with van der Waals surface area (Å²) in [7, 11) is 4.01. The Morgan fingerprint density at radius 1 is 1.11 bits per heavy atom. The number of nitrogens with zero attached hydrogens (tertiary/aromatic N) is 4. The molecule has 2 fully saturated rings. The largest absolute Gasteiger partial charge is 0.490 e. The number of hydrogen-bond donors (Lipinski definition) is 0. The maximum atomic E-state index is 12.9. The molecular weight excluding hydrogens is 408 g/mol. The molecule has 0 spiro atoms. The fraction of sp³-hybridized carbons (Fsp3) is 0.650. The van der Waals surface area contributed by atoms with E-state index in [4.69, 9.17) is 4.74 Å². The molecule has 0 bridgehead atoms. The van der Waals surface area contributed by atoms with Gasteiger partial charge in [-0.1, -0.05) is 6.42 Å². The lowest BCUT2D eigenvalue weighted by Crippen LogP contribution is -2.45. The van der Waals surface area contributed by atoms with Crippen LogP contribution in [-0.2, 0) is 13.6 Å². The van der Waals surface area contributed by atoms with Crippen molar-refractivity contribution in [2.24, 2.45) is 13.0 Å². The predicted molar refractivity (Wildman–Crippen MR) is 112 cm³/mol. The lowest BCUT2D eigenvalue weighted by molar-refractivity contribution is 0.150. The number of benzene rings is 1. The zero-order valence-electron chi connectivity index (χ0n) is 16.3. The number of piperazine rings is 1. The predicted octanol–water partition coefficient (Wildman–Crippen LogP) is 2.53. The van der Waals surface area contributed by atoms with Gasteiger partial charge in [-0.25, -0.2) is 4.79 Å². The Bertz CT molecular complexity index is 863. The van der Waals surface area contributed by atoms with Gasteiger partial charge < -0.3 is 9.64 Å². The molecule has 0 atom stereocenters. The summed E-state index contributed by atoms with van der Waals surface area (Å²) in [5, 5.41) is 0. The van der Waals surface area contributed by atoms with Crippen LogP contribution in [0.3, 0.4) is 0 Å². The zero-order chi connectivity index (χ0) is 19.0. The third-order valence-corrected chi connectivity index (χ3v) is 6.76. The molecule has 6 nitrogen and oxygen atoms in total. The van der Waals surface area contributed by atoms with Crippen molar-refractivity contribution in [3.8, 4) is 5.75 Å².